The number of aliphatic hydroxyl groups is 5. The second-order valence-corrected chi connectivity index (χ2v) is 16.4. The zero-order chi connectivity index (χ0) is 34.1. The van der Waals surface area contributed by atoms with Gasteiger partial charge in [-0.15, -0.1) is 0 Å². The van der Waals surface area contributed by atoms with Gasteiger partial charge in [-0.2, -0.15) is 0 Å². The molecule has 0 aromatic heterocycles. The summed E-state index contributed by atoms with van der Waals surface area (Å²) in [7, 11) is 0. The van der Waals surface area contributed by atoms with Crippen molar-refractivity contribution in [2.45, 2.75) is 143 Å². The number of aliphatic carboxylic acids is 1. The largest absolute Gasteiger partial charge is 0.478 e. The zero-order valence-corrected chi connectivity index (χ0v) is 28.5. The number of carbonyl (C=O) groups excluding carboxylic acids is 1. The number of aliphatic hydroxyl groups excluding tert-OH is 5. The van der Waals surface area contributed by atoms with Gasteiger partial charge in [-0.3, -0.25) is 4.79 Å². The van der Waals surface area contributed by atoms with Gasteiger partial charge >= 0.3 is 5.97 Å². The molecule has 0 radical (unpaired) electrons. The average molecular weight is 649 g/mol. The molecule has 0 spiro atoms. The van der Waals surface area contributed by atoms with Crippen LogP contribution in [0, 0.1) is 39.4 Å². The lowest BCUT2D eigenvalue weighted by molar-refractivity contribution is -0.325. The molecule has 0 aromatic rings. The number of carboxylic acids is 1. The molecule has 10 heteroatoms. The summed E-state index contributed by atoms with van der Waals surface area (Å²) in [5, 5.41) is 62.4. The molecule has 4 aliphatic carbocycles. The maximum Gasteiger partial charge on any atom is 0.330 e. The Labute approximate surface area is 272 Å². The third kappa shape index (κ3) is 5.26. The third-order valence-corrected chi connectivity index (χ3v) is 13.9. The smallest absolute Gasteiger partial charge is 0.330 e. The van der Waals surface area contributed by atoms with Crippen LogP contribution in [-0.2, 0) is 19.1 Å². The van der Waals surface area contributed by atoms with Crippen LogP contribution in [0.1, 0.15) is 99.8 Å². The Bertz CT molecular complexity index is 1270. The molecule has 6 N–H and O–H groups in total. The van der Waals surface area contributed by atoms with Crippen molar-refractivity contribution in [3.05, 3.63) is 22.8 Å². The van der Waals surface area contributed by atoms with Crippen LogP contribution in [0.15, 0.2) is 22.8 Å². The first-order valence-corrected chi connectivity index (χ1v) is 17.2. The molecule has 5 rings (SSSR count). The van der Waals surface area contributed by atoms with Gasteiger partial charge in [0.15, 0.2) is 12.1 Å². The first-order valence-electron chi connectivity index (χ1n) is 17.2. The lowest BCUT2D eigenvalue weighted by Crippen LogP contribution is -2.63. The molecule has 1 saturated heterocycles. The molecule has 3 fully saturated rings. The second-order valence-electron chi connectivity index (χ2n) is 16.4. The predicted molar refractivity (Wildman–Crippen MR) is 169 cm³/mol. The van der Waals surface area contributed by atoms with E-state index in [1.54, 1.807) is 13.0 Å². The summed E-state index contributed by atoms with van der Waals surface area (Å²) in [5.74, 6) is -0.625. The van der Waals surface area contributed by atoms with Crippen molar-refractivity contribution in [3.63, 3.8) is 0 Å². The Morgan fingerprint density at radius 2 is 1.70 bits per heavy atom. The van der Waals surface area contributed by atoms with E-state index in [0.29, 0.717) is 31.3 Å². The second kappa shape index (κ2) is 12.3. The fourth-order valence-electron chi connectivity index (χ4n) is 10.7. The van der Waals surface area contributed by atoms with E-state index < -0.39 is 71.7 Å². The predicted octanol–water partition coefficient (Wildman–Crippen LogP) is 3.52. The standard InChI is InChI=1S/C36H56O10/c1-18(9-8-10-19(2)31(43)44)20-11-14-35(6)27-21(34(5)13-12-25(39)33(3,4)24(34)16-22(27)38)15-26(36(20,35)7)46-32-30(42)29(41)28(40)23(17-37)45-32/h10,18,20,23-26,28-30,32,37,39-42H,8-9,11-17H2,1-7H3,(H,43,44)/b19-10-/t18-,20-,23-,24+,25-,26-,28+,29-,30+,32-,34-,35+,36+/m1/s1. The van der Waals surface area contributed by atoms with Crippen LogP contribution in [-0.4, -0.2) is 91.9 Å². The Hall–Kier alpha value is -1.66. The zero-order valence-electron chi connectivity index (χ0n) is 28.5. The lowest BCUT2D eigenvalue weighted by Gasteiger charge is -2.63. The molecular weight excluding hydrogens is 592 g/mol. The highest BCUT2D eigenvalue weighted by atomic mass is 16.7. The Morgan fingerprint density at radius 3 is 2.33 bits per heavy atom. The maximum absolute atomic E-state index is 14.4. The first-order chi connectivity index (χ1) is 21.4. The molecule has 0 amide bonds. The summed E-state index contributed by atoms with van der Waals surface area (Å²) in [6.45, 7) is 13.9. The van der Waals surface area contributed by atoms with Gasteiger partial charge < -0.3 is 40.1 Å². The van der Waals surface area contributed by atoms with Crippen LogP contribution in [0.3, 0.4) is 0 Å². The summed E-state index contributed by atoms with van der Waals surface area (Å²) in [4.78, 5) is 25.8. The number of fused-ring (bicyclic) bond motifs is 4. The number of hydrogen-bond acceptors (Lipinski definition) is 9. The van der Waals surface area contributed by atoms with Gasteiger partial charge in [0.2, 0.25) is 0 Å². The van der Waals surface area contributed by atoms with Crippen molar-refractivity contribution in [3.8, 4) is 0 Å². The summed E-state index contributed by atoms with van der Waals surface area (Å²) in [6, 6.07) is 0. The van der Waals surface area contributed by atoms with Gasteiger partial charge in [0.05, 0.1) is 18.8 Å². The number of ether oxygens (including phenoxy) is 2. The lowest BCUT2D eigenvalue weighted by atomic mass is 9.42. The van der Waals surface area contributed by atoms with E-state index in [1.807, 2.05) is 0 Å². The van der Waals surface area contributed by atoms with Crippen LogP contribution in [0.25, 0.3) is 0 Å². The van der Waals surface area contributed by atoms with Crippen molar-refractivity contribution >= 4 is 11.8 Å². The summed E-state index contributed by atoms with van der Waals surface area (Å²) >= 11 is 0. The van der Waals surface area contributed by atoms with Crippen molar-refractivity contribution in [1.82, 2.24) is 0 Å². The van der Waals surface area contributed by atoms with Gasteiger partial charge in [-0.1, -0.05) is 53.2 Å². The molecule has 0 aromatic carbocycles. The number of allylic oxidation sites excluding steroid dienone is 2. The first kappa shape index (κ1) is 35.6. The molecule has 1 aliphatic heterocycles. The van der Waals surface area contributed by atoms with Crippen LogP contribution in [0.4, 0.5) is 0 Å². The van der Waals surface area contributed by atoms with Crippen molar-refractivity contribution < 1.29 is 49.7 Å². The van der Waals surface area contributed by atoms with Gasteiger partial charge in [0, 0.05) is 28.4 Å². The maximum atomic E-state index is 14.4. The molecule has 13 atom stereocenters. The van der Waals surface area contributed by atoms with Crippen LogP contribution in [0.2, 0.25) is 0 Å². The van der Waals surface area contributed by atoms with Crippen LogP contribution in [0.5, 0.6) is 0 Å². The number of rotatable bonds is 8. The Morgan fingerprint density at radius 1 is 1.02 bits per heavy atom. The minimum Gasteiger partial charge on any atom is -0.478 e. The van der Waals surface area contributed by atoms with Gasteiger partial charge in [-0.05, 0) is 80.5 Å². The molecule has 0 unspecified atom stereocenters. The van der Waals surface area contributed by atoms with E-state index in [4.69, 9.17) is 9.47 Å². The molecule has 1 heterocycles. The molecule has 46 heavy (non-hydrogen) atoms. The molecular formula is C36H56O10. The highest BCUT2D eigenvalue weighted by Crippen LogP contribution is 2.72. The van der Waals surface area contributed by atoms with Gasteiger partial charge in [0.25, 0.3) is 0 Å². The highest BCUT2D eigenvalue weighted by molar-refractivity contribution is 5.99. The van der Waals surface area contributed by atoms with E-state index in [1.165, 1.54) is 0 Å². The van der Waals surface area contributed by atoms with Gasteiger partial charge in [-0.25, -0.2) is 4.79 Å². The fourth-order valence-corrected chi connectivity index (χ4v) is 10.7. The highest BCUT2D eigenvalue weighted by Gasteiger charge is 2.69. The van der Waals surface area contributed by atoms with Crippen molar-refractivity contribution in [2.24, 2.45) is 39.4 Å². The van der Waals surface area contributed by atoms with Crippen LogP contribution >= 0.6 is 0 Å². The summed E-state index contributed by atoms with van der Waals surface area (Å²) < 4.78 is 12.7. The van der Waals surface area contributed by atoms with Crippen LogP contribution < -0.4 is 0 Å². The minimum absolute atomic E-state index is 0.0590. The minimum atomic E-state index is -1.57. The number of hydrogen-bond donors (Lipinski definition) is 6. The van der Waals surface area contributed by atoms with Gasteiger partial charge in [0.1, 0.15) is 24.4 Å². The van der Waals surface area contributed by atoms with E-state index in [9.17, 15) is 40.2 Å². The fraction of sp³-hybridized carbons (Fsp3) is 0.833. The topological polar surface area (TPSA) is 174 Å². The number of carboxylic acid groups (broad SMARTS) is 1. The number of Topliss-reactive ketones (excluding diaryl/α,β-unsaturated/α-hetero) is 1. The van der Waals surface area contributed by atoms with Crippen molar-refractivity contribution in [2.75, 3.05) is 6.61 Å². The van der Waals surface area contributed by atoms with E-state index in [0.717, 1.165) is 36.8 Å². The SMILES string of the molecule is C/C(=C/CC[C@@H](C)[C@H]1CC[C@@]2(C)C3=C(C[C@@H](O[C@H]4O[C@H](CO)[C@H](O)[C@@H](O)[C@@H]4O)[C@]12C)[C@@]1(C)CC[C@@H](O)C(C)(C)[C@@H]1CC3=O)C(=O)O. The molecule has 5 aliphatic rings. The van der Waals surface area contributed by atoms with Crippen molar-refractivity contribution in [1.29, 1.82) is 0 Å². The monoisotopic (exact) mass is 648 g/mol. The van der Waals surface area contributed by atoms with E-state index in [-0.39, 0.29) is 29.0 Å². The Kier molecular flexibility index (Phi) is 9.56. The molecule has 2 saturated carbocycles. The Balaban J connectivity index is 1.59. The number of ketones is 1. The quantitative estimate of drug-likeness (QED) is 0.214. The summed E-state index contributed by atoms with van der Waals surface area (Å²) in [6.07, 6.45) is -1.25. The van der Waals surface area contributed by atoms with E-state index >= 15 is 0 Å². The van der Waals surface area contributed by atoms with E-state index in [2.05, 4.69) is 41.5 Å². The molecule has 260 valence electrons. The molecule has 0 bridgehead atoms. The third-order valence-electron chi connectivity index (χ3n) is 13.9. The summed E-state index contributed by atoms with van der Waals surface area (Å²) in [5.41, 5.74) is 0.278. The molecule has 10 nitrogen and oxygen atoms in total. The normalized spacial score (nSPS) is 46.4. The number of carbonyl (C=O) groups is 2. The average Bonchev–Trinajstić information content (AvgIpc) is 3.28.